The molecule has 3 rings (SSSR count). The predicted molar refractivity (Wildman–Crippen MR) is 77.8 cm³/mol. The van der Waals surface area contributed by atoms with E-state index in [-0.39, 0.29) is 5.82 Å². The highest BCUT2D eigenvalue weighted by Gasteiger charge is 2.13. The summed E-state index contributed by atoms with van der Waals surface area (Å²) in [6.07, 6.45) is 1.73. The van der Waals surface area contributed by atoms with Gasteiger partial charge in [-0.25, -0.2) is 4.39 Å². The molecule has 0 amide bonds. The molecule has 0 radical (unpaired) electrons. The Morgan fingerprint density at radius 1 is 1.10 bits per heavy atom. The topological polar surface area (TPSA) is 30.7 Å². The van der Waals surface area contributed by atoms with Gasteiger partial charge >= 0.3 is 0 Å². The van der Waals surface area contributed by atoms with E-state index in [4.69, 9.17) is 0 Å². The summed E-state index contributed by atoms with van der Waals surface area (Å²) in [6, 6.07) is 10.7. The predicted octanol–water partition coefficient (Wildman–Crippen LogP) is 3.89. The summed E-state index contributed by atoms with van der Waals surface area (Å²) in [5, 5.41) is 9.69. The number of aromatic nitrogens is 3. The maximum Gasteiger partial charge on any atom is 0.164 e. The normalized spacial score (nSPS) is 11.4. The average Bonchev–Trinajstić information content (AvgIpc) is 2.87. The monoisotopic (exact) mass is 269 g/mol. The summed E-state index contributed by atoms with van der Waals surface area (Å²) >= 11 is 0. The van der Waals surface area contributed by atoms with Gasteiger partial charge in [-0.15, -0.1) is 10.2 Å². The molecule has 1 heterocycles. The fraction of sp³-hybridized carbons (Fsp3) is 0.250. The summed E-state index contributed by atoms with van der Waals surface area (Å²) in [6.45, 7) is 5.13. The zero-order chi connectivity index (χ0) is 14.1. The van der Waals surface area contributed by atoms with Crippen LogP contribution in [0.2, 0.25) is 0 Å². The lowest BCUT2D eigenvalue weighted by molar-refractivity contribution is 0.525. The van der Waals surface area contributed by atoms with Gasteiger partial charge in [-0.05, 0) is 23.4 Å². The van der Waals surface area contributed by atoms with Crippen LogP contribution in [-0.2, 0) is 6.54 Å². The maximum absolute atomic E-state index is 13.9. The molecule has 0 N–H and O–H groups in total. The molecule has 0 aliphatic carbocycles. The molecule has 0 aliphatic heterocycles. The number of nitrogens with zero attached hydrogens (tertiary/aromatic N) is 3. The van der Waals surface area contributed by atoms with Gasteiger partial charge in [-0.2, -0.15) is 0 Å². The molecule has 3 aromatic rings. The zero-order valence-electron chi connectivity index (χ0n) is 11.5. The summed E-state index contributed by atoms with van der Waals surface area (Å²) < 4.78 is 15.9. The lowest BCUT2D eigenvalue weighted by Crippen LogP contribution is -2.05. The number of rotatable bonds is 3. The third-order valence-electron chi connectivity index (χ3n) is 3.29. The van der Waals surface area contributed by atoms with Gasteiger partial charge in [0, 0.05) is 17.5 Å². The van der Waals surface area contributed by atoms with Crippen LogP contribution in [-0.4, -0.2) is 14.8 Å². The first-order chi connectivity index (χ1) is 9.66. The molecule has 4 heteroatoms. The number of benzene rings is 2. The lowest BCUT2D eigenvalue weighted by atomic mass is 10.0. The molecule has 0 fully saturated rings. The molecule has 102 valence electrons. The van der Waals surface area contributed by atoms with Crippen LogP contribution < -0.4 is 0 Å². The maximum atomic E-state index is 13.9. The van der Waals surface area contributed by atoms with Gasteiger partial charge in [0.25, 0.3) is 0 Å². The fourth-order valence-electron chi connectivity index (χ4n) is 2.45. The van der Waals surface area contributed by atoms with E-state index in [0.29, 0.717) is 11.3 Å². The Bertz CT molecular complexity index is 746. The molecule has 1 aromatic heterocycles. The Balaban J connectivity index is 2.21. The smallest absolute Gasteiger partial charge is 0.164 e. The van der Waals surface area contributed by atoms with Crippen LogP contribution in [0.25, 0.3) is 22.2 Å². The average molecular weight is 269 g/mol. The van der Waals surface area contributed by atoms with Crippen molar-refractivity contribution >= 4 is 10.8 Å². The van der Waals surface area contributed by atoms with Gasteiger partial charge in [-0.3, -0.25) is 0 Å². The van der Waals surface area contributed by atoms with Crippen molar-refractivity contribution in [3.05, 3.63) is 48.5 Å². The molecule has 0 aliphatic rings. The molecule has 0 saturated carbocycles. The highest BCUT2D eigenvalue weighted by molar-refractivity contribution is 5.95. The first kappa shape index (κ1) is 12.8. The summed E-state index contributed by atoms with van der Waals surface area (Å²) in [7, 11) is 0. The quantitative estimate of drug-likeness (QED) is 0.722. The van der Waals surface area contributed by atoms with Crippen molar-refractivity contribution in [2.24, 2.45) is 5.92 Å². The Morgan fingerprint density at radius 3 is 2.60 bits per heavy atom. The Kier molecular flexibility index (Phi) is 3.22. The second-order valence-corrected chi connectivity index (χ2v) is 5.34. The molecule has 0 bridgehead atoms. The largest absolute Gasteiger partial charge is 0.313 e. The second kappa shape index (κ2) is 5.04. The Morgan fingerprint density at radius 2 is 1.85 bits per heavy atom. The zero-order valence-corrected chi connectivity index (χ0v) is 11.5. The highest BCUT2D eigenvalue weighted by atomic mass is 19.1. The van der Waals surface area contributed by atoms with E-state index < -0.39 is 0 Å². The van der Waals surface area contributed by atoms with Crippen molar-refractivity contribution in [2.45, 2.75) is 20.4 Å². The van der Waals surface area contributed by atoms with E-state index in [9.17, 15) is 4.39 Å². The second-order valence-electron chi connectivity index (χ2n) is 5.34. The molecule has 2 aromatic carbocycles. The van der Waals surface area contributed by atoms with Crippen LogP contribution in [0.15, 0.2) is 42.7 Å². The van der Waals surface area contributed by atoms with Crippen molar-refractivity contribution in [1.82, 2.24) is 14.8 Å². The van der Waals surface area contributed by atoms with Crippen LogP contribution >= 0.6 is 0 Å². The first-order valence-corrected chi connectivity index (χ1v) is 6.72. The van der Waals surface area contributed by atoms with Crippen molar-refractivity contribution in [1.29, 1.82) is 0 Å². The van der Waals surface area contributed by atoms with E-state index in [2.05, 4.69) is 24.0 Å². The van der Waals surface area contributed by atoms with E-state index in [1.54, 1.807) is 18.5 Å². The molecular weight excluding hydrogens is 253 g/mol. The molecule has 0 spiro atoms. The van der Waals surface area contributed by atoms with Gasteiger partial charge in [0.15, 0.2) is 5.82 Å². The minimum Gasteiger partial charge on any atom is -0.313 e. The molecule has 0 atom stereocenters. The van der Waals surface area contributed by atoms with E-state index in [0.717, 1.165) is 23.3 Å². The van der Waals surface area contributed by atoms with Crippen LogP contribution in [0.5, 0.6) is 0 Å². The van der Waals surface area contributed by atoms with Crippen LogP contribution in [0, 0.1) is 11.7 Å². The number of hydrogen-bond donors (Lipinski definition) is 0. The minimum atomic E-state index is -0.209. The van der Waals surface area contributed by atoms with Crippen LogP contribution in [0.4, 0.5) is 4.39 Å². The Hall–Kier alpha value is -2.23. The number of halogens is 1. The van der Waals surface area contributed by atoms with Gasteiger partial charge in [0.05, 0.1) is 0 Å². The third kappa shape index (κ3) is 2.18. The van der Waals surface area contributed by atoms with Gasteiger partial charge in [0.1, 0.15) is 12.1 Å². The van der Waals surface area contributed by atoms with Crippen LogP contribution in [0.1, 0.15) is 13.8 Å². The molecule has 3 nitrogen and oxygen atoms in total. The minimum absolute atomic E-state index is 0.209. The molecular formula is C16H16FN3. The summed E-state index contributed by atoms with van der Waals surface area (Å²) in [5.74, 6) is 1.07. The number of hydrogen-bond acceptors (Lipinski definition) is 2. The van der Waals surface area contributed by atoms with Gasteiger partial charge in [0.2, 0.25) is 0 Å². The standard InChI is InChI=1S/C16H16FN3/c1-11(2)9-20-10-18-19-16(20)14-7-8-15(17)13-6-4-3-5-12(13)14/h3-8,10-11H,9H2,1-2H3. The van der Waals surface area contributed by atoms with E-state index in [1.807, 2.05) is 22.8 Å². The molecule has 20 heavy (non-hydrogen) atoms. The summed E-state index contributed by atoms with van der Waals surface area (Å²) in [5.41, 5.74) is 0.917. The molecule has 0 unspecified atom stereocenters. The van der Waals surface area contributed by atoms with E-state index in [1.165, 1.54) is 6.07 Å². The van der Waals surface area contributed by atoms with Gasteiger partial charge in [-0.1, -0.05) is 38.1 Å². The number of fused-ring (bicyclic) bond motifs is 1. The SMILES string of the molecule is CC(C)Cn1cnnc1-c1ccc(F)c2ccccc12. The van der Waals surface area contributed by atoms with Gasteiger partial charge < -0.3 is 4.57 Å². The van der Waals surface area contributed by atoms with Crippen molar-refractivity contribution in [3.8, 4) is 11.4 Å². The third-order valence-corrected chi connectivity index (χ3v) is 3.29. The van der Waals surface area contributed by atoms with Crippen molar-refractivity contribution in [3.63, 3.8) is 0 Å². The molecule has 0 saturated heterocycles. The van der Waals surface area contributed by atoms with Crippen molar-refractivity contribution < 1.29 is 4.39 Å². The first-order valence-electron chi connectivity index (χ1n) is 6.72. The fourth-order valence-corrected chi connectivity index (χ4v) is 2.45. The highest BCUT2D eigenvalue weighted by Crippen LogP contribution is 2.29. The lowest BCUT2D eigenvalue weighted by Gasteiger charge is -2.11. The summed E-state index contributed by atoms with van der Waals surface area (Å²) in [4.78, 5) is 0. The Labute approximate surface area is 117 Å². The van der Waals surface area contributed by atoms with Crippen molar-refractivity contribution in [2.75, 3.05) is 0 Å². The van der Waals surface area contributed by atoms with Crippen LogP contribution in [0.3, 0.4) is 0 Å². The van der Waals surface area contributed by atoms with E-state index >= 15 is 0 Å².